The summed E-state index contributed by atoms with van der Waals surface area (Å²) in [6.45, 7) is 0. The van der Waals surface area contributed by atoms with Gasteiger partial charge in [0.1, 0.15) is 17.2 Å². The van der Waals surface area contributed by atoms with Crippen LogP contribution in [0, 0.1) is 0 Å². The van der Waals surface area contributed by atoms with Crippen molar-refractivity contribution >= 4 is 0 Å². The second kappa shape index (κ2) is 6.76. The van der Waals surface area contributed by atoms with Crippen molar-refractivity contribution < 1.29 is 9.47 Å². The molecule has 3 nitrogen and oxygen atoms in total. The molecule has 1 heterocycles. The second-order valence-electron chi connectivity index (χ2n) is 4.96. The smallest absolute Gasteiger partial charge is 0.127 e. The summed E-state index contributed by atoms with van der Waals surface area (Å²) in [7, 11) is 1.65. The first kappa shape index (κ1) is 14.1. The highest BCUT2D eigenvalue weighted by Gasteiger charge is 2.00. The SMILES string of the molecule is COc1ccc(Oc2ccc(Cc3cccnc3)cc2)cc1. The third-order valence-electron chi connectivity index (χ3n) is 3.35. The summed E-state index contributed by atoms with van der Waals surface area (Å²) in [6, 6.07) is 19.7. The number of rotatable bonds is 5. The van der Waals surface area contributed by atoms with Crippen molar-refractivity contribution in [2.24, 2.45) is 0 Å². The lowest BCUT2D eigenvalue weighted by Gasteiger charge is -2.08. The average molecular weight is 291 g/mol. The van der Waals surface area contributed by atoms with E-state index < -0.39 is 0 Å². The van der Waals surface area contributed by atoms with Gasteiger partial charge in [0.25, 0.3) is 0 Å². The van der Waals surface area contributed by atoms with E-state index >= 15 is 0 Å². The normalized spacial score (nSPS) is 10.2. The van der Waals surface area contributed by atoms with Gasteiger partial charge in [-0.3, -0.25) is 4.98 Å². The molecule has 0 atom stereocenters. The van der Waals surface area contributed by atoms with Crippen molar-refractivity contribution in [3.8, 4) is 17.2 Å². The highest BCUT2D eigenvalue weighted by Crippen LogP contribution is 2.24. The lowest BCUT2D eigenvalue weighted by molar-refractivity contribution is 0.413. The number of nitrogens with zero attached hydrogens (tertiary/aromatic N) is 1. The van der Waals surface area contributed by atoms with Gasteiger partial charge < -0.3 is 9.47 Å². The first-order valence-electron chi connectivity index (χ1n) is 7.13. The zero-order chi connectivity index (χ0) is 15.2. The van der Waals surface area contributed by atoms with E-state index in [-0.39, 0.29) is 0 Å². The molecule has 0 saturated heterocycles. The van der Waals surface area contributed by atoms with Crippen molar-refractivity contribution in [2.45, 2.75) is 6.42 Å². The molecule has 0 aliphatic rings. The molecule has 3 rings (SSSR count). The molecule has 0 unspecified atom stereocenters. The van der Waals surface area contributed by atoms with Gasteiger partial charge in [-0.1, -0.05) is 18.2 Å². The van der Waals surface area contributed by atoms with Gasteiger partial charge in [-0.05, 0) is 60.0 Å². The van der Waals surface area contributed by atoms with Crippen molar-refractivity contribution in [1.82, 2.24) is 4.98 Å². The van der Waals surface area contributed by atoms with Gasteiger partial charge in [-0.2, -0.15) is 0 Å². The highest BCUT2D eigenvalue weighted by atomic mass is 16.5. The Morgan fingerprint density at radius 1 is 0.773 bits per heavy atom. The third kappa shape index (κ3) is 3.64. The topological polar surface area (TPSA) is 31.4 Å². The van der Waals surface area contributed by atoms with Crippen LogP contribution < -0.4 is 9.47 Å². The Morgan fingerprint density at radius 2 is 1.41 bits per heavy atom. The first-order chi connectivity index (χ1) is 10.8. The van der Waals surface area contributed by atoms with Gasteiger partial charge >= 0.3 is 0 Å². The van der Waals surface area contributed by atoms with Gasteiger partial charge in [0.05, 0.1) is 7.11 Å². The van der Waals surface area contributed by atoms with Gasteiger partial charge in [-0.15, -0.1) is 0 Å². The Kier molecular flexibility index (Phi) is 4.35. The average Bonchev–Trinajstić information content (AvgIpc) is 2.58. The Bertz CT molecular complexity index is 707. The molecule has 0 aliphatic carbocycles. The lowest BCUT2D eigenvalue weighted by atomic mass is 10.1. The molecular weight excluding hydrogens is 274 g/mol. The van der Waals surface area contributed by atoms with E-state index in [4.69, 9.17) is 9.47 Å². The molecule has 2 aromatic carbocycles. The number of pyridine rings is 1. The van der Waals surface area contributed by atoms with Crippen LogP contribution in [0.15, 0.2) is 73.1 Å². The molecule has 0 bridgehead atoms. The van der Waals surface area contributed by atoms with Crippen molar-refractivity contribution in [3.63, 3.8) is 0 Å². The minimum atomic E-state index is 0.792. The van der Waals surface area contributed by atoms with Crippen molar-refractivity contribution in [1.29, 1.82) is 0 Å². The summed E-state index contributed by atoms with van der Waals surface area (Å²) in [5, 5.41) is 0. The number of hydrogen-bond donors (Lipinski definition) is 0. The maximum atomic E-state index is 5.82. The van der Waals surface area contributed by atoms with Crippen LogP contribution >= 0.6 is 0 Å². The molecule has 3 heteroatoms. The summed E-state index contributed by atoms with van der Waals surface area (Å²) in [5.74, 6) is 2.43. The van der Waals surface area contributed by atoms with Crippen LogP contribution in [0.25, 0.3) is 0 Å². The molecule has 0 aliphatic heterocycles. The molecule has 0 N–H and O–H groups in total. The van der Waals surface area contributed by atoms with E-state index in [0.717, 1.165) is 23.7 Å². The molecule has 3 aromatic rings. The fraction of sp³-hybridized carbons (Fsp3) is 0.105. The van der Waals surface area contributed by atoms with Crippen LogP contribution in [0.5, 0.6) is 17.2 Å². The summed E-state index contributed by atoms with van der Waals surface area (Å²) >= 11 is 0. The van der Waals surface area contributed by atoms with Gasteiger partial charge in [0.15, 0.2) is 0 Å². The number of aromatic nitrogens is 1. The first-order valence-corrected chi connectivity index (χ1v) is 7.13. The van der Waals surface area contributed by atoms with E-state index in [2.05, 4.69) is 23.2 Å². The second-order valence-corrected chi connectivity index (χ2v) is 4.96. The van der Waals surface area contributed by atoms with E-state index in [9.17, 15) is 0 Å². The molecule has 0 fully saturated rings. The summed E-state index contributed by atoms with van der Waals surface area (Å²) in [4.78, 5) is 4.13. The number of hydrogen-bond acceptors (Lipinski definition) is 3. The molecule has 0 saturated carbocycles. The minimum Gasteiger partial charge on any atom is -0.497 e. The number of benzene rings is 2. The van der Waals surface area contributed by atoms with E-state index in [0.29, 0.717) is 0 Å². The van der Waals surface area contributed by atoms with E-state index in [1.807, 2.05) is 48.7 Å². The molecule has 1 aromatic heterocycles. The maximum absolute atomic E-state index is 5.82. The summed E-state index contributed by atoms with van der Waals surface area (Å²) in [5.41, 5.74) is 2.43. The molecule has 0 spiro atoms. The van der Waals surface area contributed by atoms with Gasteiger partial charge in [-0.25, -0.2) is 0 Å². The standard InChI is InChI=1S/C19H17NO2/c1-21-17-8-10-19(11-9-17)22-18-6-4-15(5-7-18)13-16-3-2-12-20-14-16/h2-12,14H,13H2,1H3. The van der Waals surface area contributed by atoms with Gasteiger partial charge in [0, 0.05) is 12.4 Å². The quantitative estimate of drug-likeness (QED) is 0.695. The van der Waals surface area contributed by atoms with E-state index in [1.165, 1.54) is 11.1 Å². The van der Waals surface area contributed by atoms with Crippen molar-refractivity contribution in [3.05, 3.63) is 84.2 Å². The Balaban J connectivity index is 1.66. The molecular formula is C19H17NO2. The van der Waals surface area contributed by atoms with Crippen molar-refractivity contribution in [2.75, 3.05) is 7.11 Å². The number of ether oxygens (including phenoxy) is 2. The highest BCUT2D eigenvalue weighted by molar-refractivity contribution is 5.37. The predicted molar refractivity (Wildman–Crippen MR) is 86.6 cm³/mol. The summed E-state index contributed by atoms with van der Waals surface area (Å²) in [6.07, 6.45) is 4.55. The van der Waals surface area contributed by atoms with Crippen LogP contribution in [-0.4, -0.2) is 12.1 Å². The van der Waals surface area contributed by atoms with Crippen LogP contribution in [0.4, 0.5) is 0 Å². The molecule has 22 heavy (non-hydrogen) atoms. The Morgan fingerprint density at radius 3 is 2.00 bits per heavy atom. The van der Waals surface area contributed by atoms with E-state index in [1.54, 1.807) is 13.3 Å². The molecule has 0 amide bonds. The molecule has 0 radical (unpaired) electrons. The fourth-order valence-electron chi connectivity index (χ4n) is 2.19. The monoisotopic (exact) mass is 291 g/mol. The zero-order valence-corrected chi connectivity index (χ0v) is 12.4. The van der Waals surface area contributed by atoms with Crippen LogP contribution in [0.1, 0.15) is 11.1 Å². The third-order valence-corrected chi connectivity index (χ3v) is 3.35. The zero-order valence-electron chi connectivity index (χ0n) is 12.4. The lowest BCUT2D eigenvalue weighted by Crippen LogP contribution is -1.90. The van der Waals surface area contributed by atoms with Crippen LogP contribution in [-0.2, 0) is 6.42 Å². The predicted octanol–water partition coefficient (Wildman–Crippen LogP) is 4.47. The Hall–Kier alpha value is -2.81. The largest absolute Gasteiger partial charge is 0.497 e. The number of methoxy groups -OCH3 is 1. The van der Waals surface area contributed by atoms with Gasteiger partial charge in [0.2, 0.25) is 0 Å². The minimum absolute atomic E-state index is 0.792. The Labute approximate surface area is 130 Å². The summed E-state index contributed by atoms with van der Waals surface area (Å²) < 4.78 is 10.9. The van der Waals surface area contributed by atoms with Crippen LogP contribution in [0.3, 0.4) is 0 Å². The molecule has 110 valence electrons. The maximum Gasteiger partial charge on any atom is 0.127 e. The fourth-order valence-corrected chi connectivity index (χ4v) is 2.19. The van der Waals surface area contributed by atoms with Crippen LogP contribution in [0.2, 0.25) is 0 Å².